The van der Waals surface area contributed by atoms with Crippen molar-refractivity contribution in [1.82, 2.24) is 16.0 Å². The van der Waals surface area contributed by atoms with Crippen molar-refractivity contribution in [3.63, 3.8) is 0 Å². The zero-order chi connectivity index (χ0) is 25.1. The fraction of sp³-hybridized carbons (Fsp3) is 0.333. The highest BCUT2D eigenvalue weighted by molar-refractivity contribution is 5.92. The number of phenols is 1. The van der Waals surface area contributed by atoms with Crippen LogP contribution in [-0.2, 0) is 36.8 Å². The molecule has 0 aliphatic rings. The second kappa shape index (κ2) is 12.9. The number of benzene rings is 2. The van der Waals surface area contributed by atoms with Crippen molar-refractivity contribution in [3.05, 3.63) is 65.7 Å². The van der Waals surface area contributed by atoms with E-state index in [9.17, 15) is 24.3 Å². The topological polar surface area (TPSA) is 161 Å². The molecule has 0 saturated carbocycles. The summed E-state index contributed by atoms with van der Waals surface area (Å²) in [6, 6.07) is 13.1. The van der Waals surface area contributed by atoms with Gasteiger partial charge in [-0.05, 0) is 30.2 Å². The van der Waals surface area contributed by atoms with Gasteiger partial charge in [0.2, 0.25) is 11.8 Å². The number of amides is 3. The van der Waals surface area contributed by atoms with Gasteiger partial charge < -0.3 is 31.5 Å². The van der Waals surface area contributed by atoms with Crippen LogP contribution in [0.2, 0.25) is 0 Å². The summed E-state index contributed by atoms with van der Waals surface area (Å²) in [6.07, 6.45) is 0.574. The molecule has 3 atom stereocenters. The summed E-state index contributed by atoms with van der Waals surface area (Å²) in [6.45, 7) is 1.12. The van der Waals surface area contributed by atoms with Gasteiger partial charge >= 0.3 is 5.97 Å². The molecular weight excluding hydrogens is 440 g/mol. The minimum atomic E-state index is -0.902. The fourth-order valence-electron chi connectivity index (χ4n) is 3.16. The van der Waals surface area contributed by atoms with Crippen LogP contribution in [0.4, 0.5) is 0 Å². The molecule has 0 aromatic heterocycles. The van der Waals surface area contributed by atoms with E-state index in [0.717, 1.165) is 11.1 Å². The SMILES string of the molecule is COC(=O)C(Cc1ccccc1)NC(=O)CNC(=O)C(C)NC(=O)C([NH3+])Cc1ccc(O)cc1. The van der Waals surface area contributed by atoms with Gasteiger partial charge in [0.05, 0.1) is 13.7 Å². The van der Waals surface area contributed by atoms with E-state index < -0.39 is 41.8 Å². The normalized spacial score (nSPS) is 13.1. The number of methoxy groups -OCH3 is 1. The second-order valence-electron chi connectivity index (χ2n) is 7.85. The average Bonchev–Trinajstić information content (AvgIpc) is 2.83. The molecule has 10 nitrogen and oxygen atoms in total. The number of hydrogen-bond acceptors (Lipinski definition) is 6. The summed E-state index contributed by atoms with van der Waals surface area (Å²) in [5.74, 6) is -2.02. The number of rotatable bonds is 11. The van der Waals surface area contributed by atoms with Gasteiger partial charge in [-0.2, -0.15) is 0 Å². The lowest BCUT2D eigenvalue weighted by atomic mass is 10.1. The Balaban J connectivity index is 1.81. The molecule has 7 N–H and O–H groups in total. The van der Waals surface area contributed by atoms with Crippen LogP contribution in [0.3, 0.4) is 0 Å². The maximum absolute atomic E-state index is 12.4. The number of nitrogens with one attached hydrogen (secondary N) is 3. The summed E-state index contributed by atoms with van der Waals surface area (Å²) >= 11 is 0. The van der Waals surface area contributed by atoms with Gasteiger partial charge in [0.1, 0.15) is 17.8 Å². The van der Waals surface area contributed by atoms with Crippen LogP contribution in [0, 0.1) is 0 Å². The Morgan fingerprint density at radius 2 is 1.53 bits per heavy atom. The molecule has 2 rings (SSSR count). The molecule has 182 valence electrons. The van der Waals surface area contributed by atoms with Gasteiger partial charge in [0.15, 0.2) is 6.04 Å². The van der Waals surface area contributed by atoms with Crippen molar-refractivity contribution in [2.75, 3.05) is 13.7 Å². The molecule has 0 saturated heterocycles. The van der Waals surface area contributed by atoms with E-state index in [1.165, 1.54) is 26.2 Å². The van der Waals surface area contributed by atoms with Crippen LogP contribution in [0.5, 0.6) is 5.75 Å². The molecule has 2 aromatic rings. The zero-order valence-electron chi connectivity index (χ0n) is 19.2. The monoisotopic (exact) mass is 471 g/mol. The second-order valence-corrected chi connectivity index (χ2v) is 7.85. The summed E-state index contributed by atoms with van der Waals surface area (Å²) < 4.78 is 4.76. The lowest BCUT2D eigenvalue weighted by Gasteiger charge is -2.18. The predicted octanol–water partition coefficient (Wildman–Crippen LogP) is -0.933. The smallest absolute Gasteiger partial charge is 0.328 e. The van der Waals surface area contributed by atoms with Gasteiger partial charge in [-0.25, -0.2) is 4.79 Å². The molecule has 2 aromatic carbocycles. The minimum absolute atomic E-state index is 0.126. The molecule has 0 aliphatic heterocycles. The Kier molecular flexibility index (Phi) is 10.0. The number of ether oxygens (including phenoxy) is 1. The number of quaternary nitrogens is 1. The summed E-state index contributed by atoms with van der Waals surface area (Å²) in [4.78, 5) is 49.0. The molecule has 34 heavy (non-hydrogen) atoms. The number of aromatic hydroxyl groups is 1. The number of carbonyl (C=O) groups excluding carboxylic acids is 4. The van der Waals surface area contributed by atoms with Crippen LogP contribution >= 0.6 is 0 Å². The molecule has 0 radical (unpaired) electrons. The maximum atomic E-state index is 12.4. The molecular formula is C24H31N4O6+. The van der Waals surface area contributed by atoms with E-state index in [0.29, 0.717) is 6.42 Å². The van der Waals surface area contributed by atoms with Crippen LogP contribution < -0.4 is 21.7 Å². The first-order valence-corrected chi connectivity index (χ1v) is 10.8. The van der Waals surface area contributed by atoms with Gasteiger partial charge in [-0.1, -0.05) is 42.5 Å². The van der Waals surface area contributed by atoms with E-state index >= 15 is 0 Å². The first-order chi connectivity index (χ1) is 16.2. The van der Waals surface area contributed by atoms with E-state index in [1.807, 2.05) is 30.3 Å². The van der Waals surface area contributed by atoms with Crippen molar-refractivity contribution in [3.8, 4) is 5.75 Å². The molecule has 0 aliphatic carbocycles. The third-order valence-corrected chi connectivity index (χ3v) is 5.07. The van der Waals surface area contributed by atoms with E-state index in [4.69, 9.17) is 4.74 Å². The Morgan fingerprint density at radius 3 is 2.15 bits per heavy atom. The van der Waals surface area contributed by atoms with Crippen LogP contribution in [0.1, 0.15) is 18.1 Å². The average molecular weight is 472 g/mol. The fourth-order valence-corrected chi connectivity index (χ4v) is 3.16. The van der Waals surface area contributed by atoms with Crippen molar-refractivity contribution >= 4 is 23.7 Å². The largest absolute Gasteiger partial charge is 0.508 e. The van der Waals surface area contributed by atoms with Crippen molar-refractivity contribution in [2.24, 2.45) is 0 Å². The highest BCUT2D eigenvalue weighted by Gasteiger charge is 2.25. The Bertz CT molecular complexity index is 981. The van der Waals surface area contributed by atoms with Gasteiger partial charge in [-0.3, -0.25) is 14.4 Å². The molecule has 0 heterocycles. The van der Waals surface area contributed by atoms with E-state index in [2.05, 4.69) is 21.7 Å². The summed E-state index contributed by atoms with van der Waals surface area (Å²) in [7, 11) is 1.23. The Labute approximate surface area is 197 Å². The summed E-state index contributed by atoms with van der Waals surface area (Å²) in [5.41, 5.74) is 5.48. The lowest BCUT2D eigenvalue weighted by Crippen LogP contribution is -2.69. The number of hydrogen-bond donors (Lipinski definition) is 5. The van der Waals surface area contributed by atoms with Crippen LogP contribution in [0.15, 0.2) is 54.6 Å². The van der Waals surface area contributed by atoms with Gasteiger partial charge in [-0.15, -0.1) is 0 Å². The predicted molar refractivity (Wildman–Crippen MR) is 123 cm³/mol. The molecule has 0 fully saturated rings. The van der Waals surface area contributed by atoms with Gasteiger partial charge in [0.25, 0.3) is 5.91 Å². The molecule has 3 amide bonds. The first kappa shape index (κ1) is 26.3. The maximum Gasteiger partial charge on any atom is 0.328 e. The van der Waals surface area contributed by atoms with Crippen molar-refractivity contribution < 1.29 is 34.8 Å². The third-order valence-electron chi connectivity index (χ3n) is 5.07. The third kappa shape index (κ3) is 8.55. The van der Waals surface area contributed by atoms with Crippen LogP contribution in [-0.4, -0.2) is 60.6 Å². The highest BCUT2D eigenvalue weighted by Crippen LogP contribution is 2.10. The molecule has 0 bridgehead atoms. The Hall–Kier alpha value is -3.92. The van der Waals surface area contributed by atoms with Crippen molar-refractivity contribution in [1.29, 1.82) is 0 Å². The summed E-state index contributed by atoms with van der Waals surface area (Å²) in [5, 5.41) is 16.9. The quantitative estimate of drug-likeness (QED) is 0.266. The Morgan fingerprint density at radius 1 is 0.912 bits per heavy atom. The number of carbonyl (C=O) groups is 4. The standard InChI is InChI=1S/C24H30N4O6/c1-15(27-23(32)19(25)12-17-8-10-18(29)11-9-17)22(31)26-14-21(30)28-20(24(33)34-2)13-16-6-4-3-5-7-16/h3-11,15,19-20,29H,12-14,25H2,1-2H3,(H,26,31)(H,27,32)(H,28,30)/p+1. The van der Waals surface area contributed by atoms with Crippen molar-refractivity contribution in [2.45, 2.75) is 37.9 Å². The van der Waals surface area contributed by atoms with Crippen LogP contribution in [0.25, 0.3) is 0 Å². The molecule has 10 heteroatoms. The highest BCUT2D eigenvalue weighted by atomic mass is 16.5. The first-order valence-electron chi connectivity index (χ1n) is 10.8. The zero-order valence-corrected chi connectivity index (χ0v) is 19.2. The van der Waals surface area contributed by atoms with Gasteiger partial charge in [0, 0.05) is 12.8 Å². The minimum Gasteiger partial charge on any atom is -0.508 e. The lowest BCUT2D eigenvalue weighted by molar-refractivity contribution is -0.403. The molecule has 3 unspecified atom stereocenters. The molecule has 0 spiro atoms. The van der Waals surface area contributed by atoms with E-state index in [-0.39, 0.29) is 18.7 Å². The van der Waals surface area contributed by atoms with E-state index in [1.54, 1.807) is 12.1 Å². The number of phenolic OH excluding ortho intramolecular Hbond substituents is 1. The number of esters is 1.